The molecule has 0 spiro atoms. The molecule has 0 saturated carbocycles. The predicted molar refractivity (Wildman–Crippen MR) is 77.7 cm³/mol. The third kappa shape index (κ3) is 3.12. The minimum absolute atomic E-state index is 0.241. The highest BCUT2D eigenvalue weighted by atomic mass is 32.1. The van der Waals surface area contributed by atoms with Gasteiger partial charge in [-0.1, -0.05) is 0 Å². The lowest BCUT2D eigenvalue weighted by molar-refractivity contribution is 0.0999. The standard InChI is InChI=1S/C13H14N4O2S/c1-7-11(20-6-17-7)5-16-10-3-8(12(14)18)2-9(4-10)13(15)19/h2-4,6,16H,5H2,1H3,(H2,14,18)(H2,15,19). The van der Waals surface area contributed by atoms with E-state index in [9.17, 15) is 9.59 Å². The molecule has 1 aromatic heterocycles. The largest absolute Gasteiger partial charge is 0.380 e. The Morgan fingerprint density at radius 2 is 1.80 bits per heavy atom. The van der Waals surface area contributed by atoms with Crippen LogP contribution in [0.4, 0.5) is 5.69 Å². The quantitative estimate of drug-likeness (QED) is 0.769. The summed E-state index contributed by atoms with van der Waals surface area (Å²) in [6, 6.07) is 4.56. The molecule has 7 heteroatoms. The van der Waals surface area contributed by atoms with E-state index in [-0.39, 0.29) is 11.1 Å². The molecule has 20 heavy (non-hydrogen) atoms. The van der Waals surface area contributed by atoms with Crippen LogP contribution in [0.3, 0.4) is 0 Å². The Labute approximate surface area is 119 Å². The maximum absolute atomic E-state index is 11.2. The summed E-state index contributed by atoms with van der Waals surface area (Å²) in [4.78, 5) is 27.7. The van der Waals surface area contributed by atoms with Crippen LogP contribution in [-0.4, -0.2) is 16.8 Å². The second-order valence-electron chi connectivity index (χ2n) is 4.24. The maximum atomic E-state index is 11.2. The molecule has 0 radical (unpaired) electrons. The van der Waals surface area contributed by atoms with Gasteiger partial charge >= 0.3 is 0 Å². The molecular formula is C13H14N4O2S. The molecule has 2 aromatic rings. The van der Waals surface area contributed by atoms with Crippen LogP contribution in [-0.2, 0) is 6.54 Å². The molecule has 104 valence electrons. The van der Waals surface area contributed by atoms with Crippen LogP contribution in [0.1, 0.15) is 31.3 Å². The molecule has 0 fully saturated rings. The number of hydrogen-bond donors (Lipinski definition) is 3. The first-order valence-electron chi connectivity index (χ1n) is 5.85. The summed E-state index contributed by atoms with van der Waals surface area (Å²) in [6.07, 6.45) is 0. The van der Waals surface area contributed by atoms with E-state index in [2.05, 4.69) is 10.3 Å². The zero-order valence-corrected chi connectivity index (χ0v) is 11.7. The first-order valence-corrected chi connectivity index (χ1v) is 6.73. The summed E-state index contributed by atoms with van der Waals surface area (Å²) in [5.74, 6) is -1.21. The fourth-order valence-corrected chi connectivity index (χ4v) is 2.41. The molecule has 1 aromatic carbocycles. The van der Waals surface area contributed by atoms with Gasteiger partial charge in [-0.3, -0.25) is 9.59 Å². The summed E-state index contributed by atoms with van der Waals surface area (Å²) in [5.41, 5.74) is 14.3. The van der Waals surface area contributed by atoms with Crippen LogP contribution in [0.25, 0.3) is 0 Å². The van der Waals surface area contributed by atoms with E-state index in [1.165, 1.54) is 17.4 Å². The molecule has 2 amide bonds. The number of thiazole rings is 1. The Kier molecular flexibility index (Phi) is 3.99. The van der Waals surface area contributed by atoms with Crippen molar-refractivity contribution in [2.24, 2.45) is 11.5 Å². The van der Waals surface area contributed by atoms with Gasteiger partial charge in [0, 0.05) is 21.7 Å². The SMILES string of the molecule is Cc1ncsc1CNc1cc(C(N)=O)cc(C(N)=O)c1. The average molecular weight is 290 g/mol. The van der Waals surface area contributed by atoms with Gasteiger partial charge in [0.15, 0.2) is 0 Å². The Morgan fingerprint density at radius 3 is 2.25 bits per heavy atom. The number of amides is 2. The Morgan fingerprint density at radius 1 is 1.20 bits per heavy atom. The van der Waals surface area contributed by atoms with E-state index in [4.69, 9.17) is 11.5 Å². The zero-order chi connectivity index (χ0) is 14.7. The molecule has 6 nitrogen and oxygen atoms in total. The number of rotatable bonds is 5. The molecule has 0 bridgehead atoms. The number of aromatic nitrogens is 1. The molecular weight excluding hydrogens is 276 g/mol. The van der Waals surface area contributed by atoms with E-state index >= 15 is 0 Å². The Bertz CT molecular complexity index is 634. The minimum Gasteiger partial charge on any atom is -0.380 e. The van der Waals surface area contributed by atoms with Crippen molar-refractivity contribution in [3.05, 3.63) is 45.4 Å². The molecule has 5 N–H and O–H groups in total. The van der Waals surface area contributed by atoms with Crippen molar-refractivity contribution in [3.63, 3.8) is 0 Å². The monoisotopic (exact) mass is 290 g/mol. The number of benzene rings is 1. The van der Waals surface area contributed by atoms with Gasteiger partial charge in [-0.15, -0.1) is 11.3 Å². The van der Waals surface area contributed by atoms with Crippen LogP contribution < -0.4 is 16.8 Å². The van der Waals surface area contributed by atoms with Crippen LogP contribution in [0.5, 0.6) is 0 Å². The van der Waals surface area contributed by atoms with Crippen molar-refractivity contribution in [2.45, 2.75) is 13.5 Å². The van der Waals surface area contributed by atoms with Gasteiger partial charge in [-0.05, 0) is 25.1 Å². The topological polar surface area (TPSA) is 111 Å². The van der Waals surface area contributed by atoms with Gasteiger partial charge in [0.25, 0.3) is 0 Å². The fraction of sp³-hybridized carbons (Fsp3) is 0.154. The lowest BCUT2D eigenvalue weighted by atomic mass is 10.1. The van der Waals surface area contributed by atoms with Gasteiger partial charge < -0.3 is 16.8 Å². The van der Waals surface area contributed by atoms with Crippen molar-refractivity contribution >= 4 is 28.8 Å². The number of anilines is 1. The molecule has 0 atom stereocenters. The van der Waals surface area contributed by atoms with Gasteiger partial charge in [-0.25, -0.2) is 4.98 Å². The van der Waals surface area contributed by atoms with E-state index in [0.717, 1.165) is 10.6 Å². The highest BCUT2D eigenvalue weighted by molar-refractivity contribution is 7.09. The number of carbonyl (C=O) groups excluding carboxylic acids is 2. The molecule has 0 unspecified atom stereocenters. The second kappa shape index (κ2) is 5.70. The van der Waals surface area contributed by atoms with Crippen molar-refractivity contribution in [1.29, 1.82) is 0 Å². The van der Waals surface area contributed by atoms with Crippen LogP contribution in [0.15, 0.2) is 23.7 Å². The maximum Gasteiger partial charge on any atom is 0.248 e. The van der Waals surface area contributed by atoms with E-state index < -0.39 is 11.8 Å². The first-order chi connectivity index (χ1) is 9.47. The third-order valence-electron chi connectivity index (χ3n) is 2.80. The molecule has 0 aliphatic carbocycles. The molecule has 2 rings (SSSR count). The normalized spacial score (nSPS) is 10.2. The number of nitrogens with one attached hydrogen (secondary N) is 1. The predicted octanol–water partition coefficient (Wildman–Crippen LogP) is 1.26. The highest BCUT2D eigenvalue weighted by Crippen LogP contribution is 2.18. The van der Waals surface area contributed by atoms with Crippen LogP contribution >= 0.6 is 11.3 Å². The van der Waals surface area contributed by atoms with Gasteiger partial charge in [0.1, 0.15) is 0 Å². The molecule has 0 aliphatic rings. The summed E-state index contributed by atoms with van der Waals surface area (Å²) in [6.45, 7) is 2.47. The number of aryl methyl sites for hydroxylation is 1. The van der Waals surface area contributed by atoms with Crippen LogP contribution in [0, 0.1) is 6.92 Å². The fourth-order valence-electron chi connectivity index (χ4n) is 1.69. The molecule has 0 saturated heterocycles. The highest BCUT2D eigenvalue weighted by Gasteiger charge is 2.09. The van der Waals surface area contributed by atoms with E-state index in [1.54, 1.807) is 17.6 Å². The number of nitrogens with two attached hydrogens (primary N) is 2. The minimum atomic E-state index is -0.606. The van der Waals surface area contributed by atoms with Crippen molar-refractivity contribution in [3.8, 4) is 0 Å². The van der Waals surface area contributed by atoms with Crippen molar-refractivity contribution in [2.75, 3.05) is 5.32 Å². The van der Waals surface area contributed by atoms with Crippen molar-refractivity contribution in [1.82, 2.24) is 4.98 Å². The lowest BCUT2D eigenvalue weighted by Gasteiger charge is -2.09. The van der Waals surface area contributed by atoms with E-state index in [1.807, 2.05) is 6.92 Å². The number of nitrogens with zero attached hydrogens (tertiary/aromatic N) is 1. The third-order valence-corrected chi connectivity index (χ3v) is 3.74. The van der Waals surface area contributed by atoms with Gasteiger partial charge in [0.2, 0.25) is 11.8 Å². The first kappa shape index (κ1) is 14.0. The Balaban J connectivity index is 2.24. The summed E-state index contributed by atoms with van der Waals surface area (Å²) in [5, 5.41) is 3.13. The molecule has 0 aliphatic heterocycles. The van der Waals surface area contributed by atoms with Gasteiger partial charge in [-0.2, -0.15) is 0 Å². The average Bonchev–Trinajstić information content (AvgIpc) is 2.81. The van der Waals surface area contributed by atoms with Crippen molar-refractivity contribution < 1.29 is 9.59 Å². The number of hydrogen-bond acceptors (Lipinski definition) is 5. The smallest absolute Gasteiger partial charge is 0.248 e. The molecule has 1 heterocycles. The number of primary amides is 2. The summed E-state index contributed by atoms with van der Waals surface area (Å²) >= 11 is 1.53. The number of carbonyl (C=O) groups is 2. The lowest BCUT2D eigenvalue weighted by Crippen LogP contribution is -2.16. The zero-order valence-electron chi connectivity index (χ0n) is 10.8. The summed E-state index contributed by atoms with van der Waals surface area (Å²) in [7, 11) is 0. The van der Waals surface area contributed by atoms with Gasteiger partial charge in [0.05, 0.1) is 17.7 Å². The van der Waals surface area contributed by atoms with E-state index in [0.29, 0.717) is 12.2 Å². The van der Waals surface area contributed by atoms with Crippen LogP contribution in [0.2, 0.25) is 0 Å². The Hall–Kier alpha value is -2.41. The summed E-state index contributed by atoms with van der Waals surface area (Å²) < 4.78 is 0. The second-order valence-corrected chi connectivity index (χ2v) is 5.18.